The lowest BCUT2D eigenvalue weighted by Gasteiger charge is -2.11. The van der Waals surface area contributed by atoms with Gasteiger partial charge in [0, 0.05) is 24.1 Å². The zero-order valence-electron chi connectivity index (χ0n) is 15.1. The molecule has 0 atom stereocenters. The van der Waals surface area contributed by atoms with E-state index in [1.54, 1.807) is 29.9 Å². The molecule has 0 aliphatic carbocycles. The van der Waals surface area contributed by atoms with Gasteiger partial charge < -0.3 is 9.30 Å². The number of nitrogens with two attached hydrogens (primary N) is 1. The van der Waals surface area contributed by atoms with Crippen molar-refractivity contribution < 1.29 is 22.7 Å². The Labute approximate surface area is 161 Å². The van der Waals surface area contributed by atoms with Crippen LogP contribution < -0.4 is 20.7 Å². The third kappa shape index (κ3) is 3.68. The van der Waals surface area contributed by atoms with Crippen LogP contribution in [-0.4, -0.2) is 31.9 Å². The highest BCUT2D eigenvalue weighted by Crippen LogP contribution is 2.22. The Balaban J connectivity index is 1.83. The summed E-state index contributed by atoms with van der Waals surface area (Å²) in [7, 11) is -0.868. The molecule has 4 N–H and O–H groups in total. The van der Waals surface area contributed by atoms with E-state index in [2.05, 4.69) is 10.9 Å². The molecule has 0 unspecified atom stereocenters. The van der Waals surface area contributed by atoms with Gasteiger partial charge in [-0.15, -0.1) is 0 Å². The Morgan fingerprint density at radius 2 is 1.68 bits per heavy atom. The van der Waals surface area contributed by atoms with Crippen LogP contribution in [0.1, 0.15) is 20.7 Å². The number of methoxy groups -OCH3 is 1. The molecular formula is C18H18N4O5S. The number of aromatic nitrogens is 1. The van der Waals surface area contributed by atoms with Gasteiger partial charge in [-0.3, -0.25) is 20.4 Å². The number of ether oxygens (including phenoxy) is 1. The molecule has 10 heteroatoms. The number of nitrogens with zero attached hydrogens (tertiary/aromatic N) is 1. The highest BCUT2D eigenvalue weighted by atomic mass is 32.2. The van der Waals surface area contributed by atoms with Gasteiger partial charge in [-0.2, -0.15) is 0 Å². The van der Waals surface area contributed by atoms with Crippen LogP contribution in [0.5, 0.6) is 5.75 Å². The van der Waals surface area contributed by atoms with Gasteiger partial charge in [0.2, 0.25) is 10.0 Å². The molecule has 28 heavy (non-hydrogen) atoms. The van der Waals surface area contributed by atoms with E-state index in [0.717, 1.165) is 17.0 Å². The van der Waals surface area contributed by atoms with E-state index in [4.69, 9.17) is 9.88 Å². The number of hydrogen-bond donors (Lipinski definition) is 3. The lowest BCUT2D eigenvalue weighted by molar-refractivity contribution is 0.0845. The zero-order valence-corrected chi connectivity index (χ0v) is 15.9. The van der Waals surface area contributed by atoms with Gasteiger partial charge in [0.25, 0.3) is 11.8 Å². The summed E-state index contributed by atoms with van der Waals surface area (Å²) in [6.07, 6.45) is 1.65. The van der Waals surface area contributed by atoms with Gasteiger partial charge in [-0.1, -0.05) is 18.2 Å². The monoisotopic (exact) mass is 402 g/mol. The summed E-state index contributed by atoms with van der Waals surface area (Å²) in [6.45, 7) is 0. The van der Waals surface area contributed by atoms with Crippen molar-refractivity contribution in [1.82, 2.24) is 15.4 Å². The first-order valence-electron chi connectivity index (χ1n) is 8.08. The van der Waals surface area contributed by atoms with Gasteiger partial charge in [-0.05, 0) is 24.3 Å². The average molecular weight is 402 g/mol. The molecule has 0 saturated carbocycles. The second kappa shape index (κ2) is 7.33. The minimum Gasteiger partial charge on any atom is -0.496 e. The maximum Gasteiger partial charge on any atom is 0.273 e. The Morgan fingerprint density at radius 3 is 2.32 bits per heavy atom. The number of amides is 2. The van der Waals surface area contributed by atoms with E-state index >= 15 is 0 Å². The lowest BCUT2D eigenvalue weighted by atomic mass is 10.1. The maximum absolute atomic E-state index is 12.5. The van der Waals surface area contributed by atoms with E-state index in [1.165, 1.54) is 19.2 Å². The van der Waals surface area contributed by atoms with Gasteiger partial charge in [0.1, 0.15) is 5.75 Å². The smallest absolute Gasteiger partial charge is 0.273 e. The number of rotatable bonds is 4. The van der Waals surface area contributed by atoms with E-state index in [1.807, 2.05) is 12.1 Å². The summed E-state index contributed by atoms with van der Waals surface area (Å²) in [4.78, 5) is 24.7. The first kappa shape index (κ1) is 19.4. The van der Waals surface area contributed by atoms with Crippen LogP contribution in [0, 0.1) is 0 Å². The number of carbonyl (C=O) groups excluding carboxylic acids is 2. The average Bonchev–Trinajstić information content (AvgIpc) is 3.01. The topological polar surface area (TPSA) is 133 Å². The van der Waals surface area contributed by atoms with E-state index < -0.39 is 21.8 Å². The summed E-state index contributed by atoms with van der Waals surface area (Å²) in [5.41, 5.74) is 5.74. The molecule has 3 rings (SSSR count). The van der Waals surface area contributed by atoms with Crippen LogP contribution in [0.4, 0.5) is 0 Å². The molecule has 9 nitrogen and oxygen atoms in total. The quantitative estimate of drug-likeness (QED) is 0.558. The van der Waals surface area contributed by atoms with Crippen molar-refractivity contribution in [3.63, 3.8) is 0 Å². The molecule has 1 heterocycles. The van der Waals surface area contributed by atoms with Crippen LogP contribution in [0.3, 0.4) is 0 Å². The van der Waals surface area contributed by atoms with Crippen LogP contribution >= 0.6 is 0 Å². The lowest BCUT2D eigenvalue weighted by Crippen LogP contribution is -2.41. The fourth-order valence-electron chi connectivity index (χ4n) is 2.81. The molecular weight excluding hydrogens is 384 g/mol. The minimum atomic E-state index is -4.01. The molecule has 0 bridgehead atoms. The van der Waals surface area contributed by atoms with Crippen molar-refractivity contribution in [3.05, 3.63) is 59.8 Å². The zero-order chi connectivity index (χ0) is 20.5. The van der Waals surface area contributed by atoms with Crippen molar-refractivity contribution in [3.8, 4) is 5.75 Å². The number of fused-ring (bicyclic) bond motifs is 1. The highest BCUT2D eigenvalue weighted by molar-refractivity contribution is 7.89. The predicted molar refractivity (Wildman–Crippen MR) is 102 cm³/mol. The second-order valence-corrected chi connectivity index (χ2v) is 7.55. The molecule has 0 spiro atoms. The van der Waals surface area contributed by atoms with Crippen molar-refractivity contribution in [2.24, 2.45) is 12.2 Å². The number of hydrazine groups is 1. The second-order valence-electron chi connectivity index (χ2n) is 5.99. The molecule has 2 amide bonds. The predicted octanol–water partition coefficient (Wildman–Crippen LogP) is 0.909. The molecule has 0 fully saturated rings. The summed E-state index contributed by atoms with van der Waals surface area (Å²) in [5, 5.41) is 5.83. The van der Waals surface area contributed by atoms with E-state index in [0.29, 0.717) is 5.56 Å². The first-order valence-corrected chi connectivity index (χ1v) is 9.62. The Kier molecular flexibility index (Phi) is 5.08. The van der Waals surface area contributed by atoms with Crippen LogP contribution in [0.15, 0.2) is 53.6 Å². The maximum atomic E-state index is 12.5. The molecule has 0 radical (unpaired) electrons. The van der Waals surface area contributed by atoms with Crippen molar-refractivity contribution in [1.29, 1.82) is 0 Å². The van der Waals surface area contributed by atoms with Gasteiger partial charge in [-0.25, -0.2) is 13.6 Å². The third-order valence-corrected chi connectivity index (χ3v) is 5.09. The van der Waals surface area contributed by atoms with Crippen LogP contribution in [0.2, 0.25) is 0 Å². The van der Waals surface area contributed by atoms with Gasteiger partial charge >= 0.3 is 0 Å². The fourth-order valence-corrected chi connectivity index (χ4v) is 3.35. The van der Waals surface area contributed by atoms with Gasteiger partial charge in [0.05, 0.1) is 23.1 Å². The number of primary sulfonamides is 1. The Morgan fingerprint density at radius 1 is 1.04 bits per heavy atom. The fraction of sp³-hybridized carbons (Fsp3) is 0.111. The molecule has 146 valence electrons. The summed E-state index contributed by atoms with van der Waals surface area (Å²) in [6, 6.07) is 10.9. The Bertz CT molecular complexity index is 1180. The number of sulfonamides is 1. The molecule has 3 aromatic rings. The number of nitrogens with one attached hydrogen (secondary N) is 2. The van der Waals surface area contributed by atoms with Crippen LogP contribution in [0.25, 0.3) is 10.9 Å². The number of carbonyl (C=O) groups is 2. The van der Waals surface area contributed by atoms with Crippen molar-refractivity contribution in [2.75, 3.05) is 7.11 Å². The minimum absolute atomic E-state index is 0.0905. The first-order chi connectivity index (χ1) is 13.2. The Hall–Kier alpha value is -3.37. The van der Waals surface area contributed by atoms with Crippen molar-refractivity contribution in [2.45, 2.75) is 4.90 Å². The summed E-state index contributed by atoms with van der Waals surface area (Å²) in [5.74, 6) is -1.15. The van der Waals surface area contributed by atoms with E-state index in [-0.39, 0.29) is 16.2 Å². The number of hydrogen-bond acceptors (Lipinski definition) is 5. The van der Waals surface area contributed by atoms with Crippen molar-refractivity contribution >= 4 is 32.7 Å². The molecule has 0 aliphatic heterocycles. The number of aryl methyl sites for hydroxylation is 1. The SMILES string of the molecule is COc1ccc(S(N)(=O)=O)cc1C(=O)NNC(=O)c1cn(C)c2ccccc12. The molecule has 1 aromatic heterocycles. The standard InChI is InChI=1S/C18H18N4O5S/c1-22-10-14(12-5-3-4-6-15(12)22)18(24)21-20-17(23)13-9-11(28(19,25)26)7-8-16(13)27-2/h3-10H,1-2H3,(H,20,23)(H,21,24)(H2,19,25,26). The third-order valence-electron chi connectivity index (χ3n) is 4.18. The molecule has 2 aromatic carbocycles. The highest BCUT2D eigenvalue weighted by Gasteiger charge is 2.19. The number of para-hydroxylation sites is 1. The summed E-state index contributed by atoms with van der Waals surface area (Å²) >= 11 is 0. The van der Waals surface area contributed by atoms with Crippen LogP contribution in [-0.2, 0) is 17.1 Å². The van der Waals surface area contributed by atoms with Gasteiger partial charge in [0.15, 0.2) is 0 Å². The largest absolute Gasteiger partial charge is 0.496 e. The number of benzene rings is 2. The summed E-state index contributed by atoms with van der Waals surface area (Å²) < 4.78 is 29.9. The molecule has 0 saturated heterocycles. The van der Waals surface area contributed by atoms with E-state index in [9.17, 15) is 18.0 Å². The molecule has 0 aliphatic rings. The normalized spacial score (nSPS) is 11.2.